The number of halogens is 1. The van der Waals surface area contributed by atoms with Crippen molar-refractivity contribution in [2.24, 2.45) is 0 Å². The lowest BCUT2D eigenvalue weighted by Crippen LogP contribution is -1.91. The monoisotopic (exact) mass is 482 g/mol. The van der Waals surface area contributed by atoms with E-state index in [-0.39, 0.29) is 0 Å². The minimum atomic E-state index is 1.10. The lowest BCUT2D eigenvalue weighted by atomic mass is 9.84. The Morgan fingerprint density at radius 3 is 1.76 bits per heavy atom. The van der Waals surface area contributed by atoms with Crippen molar-refractivity contribution >= 4 is 37.5 Å². The van der Waals surface area contributed by atoms with Crippen molar-refractivity contribution < 1.29 is 0 Å². The van der Waals surface area contributed by atoms with Crippen LogP contribution in [-0.2, 0) is 0 Å². The molecule has 0 fully saturated rings. The largest absolute Gasteiger partial charge is 0.0622 e. The Morgan fingerprint density at radius 1 is 0.394 bits per heavy atom. The molecule has 0 radical (unpaired) electrons. The molecule has 154 valence electrons. The topological polar surface area (TPSA) is 0 Å². The molecule has 1 aliphatic carbocycles. The second-order valence-corrected chi connectivity index (χ2v) is 9.54. The summed E-state index contributed by atoms with van der Waals surface area (Å²) in [4.78, 5) is 0. The Labute approximate surface area is 201 Å². The Hall–Kier alpha value is -3.68. The third-order valence-electron chi connectivity index (χ3n) is 6.86. The molecule has 0 unspecified atom stereocenters. The highest BCUT2D eigenvalue weighted by Crippen LogP contribution is 2.55. The third-order valence-corrected chi connectivity index (χ3v) is 7.35. The van der Waals surface area contributed by atoms with Crippen LogP contribution in [0.1, 0.15) is 0 Å². The summed E-state index contributed by atoms with van der Waals surface area (Å²) in [5.74, 6) is 0. The molecule has 0 aromatic heterocycles. The summed E-state index contributed by atoms with van der Waals surface area (Å²) in [6, 6.07) is 41.8. The van der Waals surface area contributed by atoms with E-state index in [1.54, 1.807) is 0 Å². The van der Waals surface area contributed by atoms with Gasteiger partial charge in [-0.3, -0.25) is 0 Å². The average Bonchev–Trinajstić information content (AvgIpc) is 3.21. The van der Waals surface area contributed by atoms with Crippen molar-refractivity contribution in [1.29, 1.82) is 0 Å². The van der Waals surface area contributed by atoms with Crippen molar-refractivity contribution in [2.45, 2.75) is 0 Å². The highest BCUT2D eigenvalue weighted by atomic mass is 79.9. The molecule has 1 aliphatic rings. The van der Waals surface area contributed by atoms with Crippen molar-refractivity contribution in [3.8, 4) is 44.5 Å². The molecule has 0 aliphatic heterocycles. The molecular weight excluding hydrogens is 464 g/mol. The van der Waals surface area contributed by atoms with Gasteiger partial charge in [0.1, 0.15) is 0 Å². The zero-order valence-corrected chi connectivity index (χ0v) is 19.4. The maximum absolute atomic E-state index is 3.76. The first kappa shape index (κ1) is 18.8. The van der Waals surface area contributed by atoms with Gasteiger partial charge < -0.3 is 0 Å². The highest BCUT2D eigenvalue weighted by molar-refractivity contribution is 9.10. The van der Waals surface area contributed by atoms with Crippen LogP contribution in [0.15, 0.2) is 120 Å². The molecule has 0 N–H and O–H groups in total. The summed E-state index contributed by atoms with van der Waals surface area (Å²) < 4.78 is 1.10. The zero-order chi connectivity index (χ0) is 21.9. The molecule has 6 aromatic rings. The Balaban J connectivity index is 1.79. The molecule has 1 heteroatoms. The molecule has 0 saturated heterocycles. The smallest absolute Gasteiger partial charge is 0.0181 e. The van der Waals surface area contributed by atoms with E-state index in [4.69, 9.17) is 0 Å². The Morgan fingerprint density at radius 2 is 1.00 bits per heavy atom. The van der Waals surface area contributed by atoms with Crippen LogP contribution in [0.4, 0.5) is 0 Å². The van der Waals surface area contributed by atoms with E-state index in [1.165, 1.54) is 66.1 Å². The lowest BCUT2D eigenvalue weighted by molar-refractivity contribution is 1.64. The van der Waals surface area contributed by atoms with Crippen LogP contribution in [0, 0.1) is 0 Å². The van der Waals surface area contributed by atoms with E-state index >= 15 is 0 Å². The summed E-state index contributed by atoms with van der Waals surface area (Å²) in [5, 5.41) is 5.29. The quantitative estimate of drug-likeness (QED) is 0.215. The van der Waals surface area contributed by atoms with E-state index in [0.29, 0.717) is 0 Å². The van der Waals surface area contributed by atoms with Gasteiger partial charge in [0.2, 0.25) is 0 Å². The van der Waals surface area contributed by atoms with Crippen molar-refractivity contribution in [1.82, 2.24) is 0 Å². The summed E-state index contributed by atoms with van der Waals surface area (Å²) >= 11 is 3.76. The normalized spacial score (nSPS) is 11.8. The van der Waals surface area contributed by atoms with E-state index < -0.39 is 0 Å². The summed E-state index contributed by atoms with van der Waals surface area (Å²) in [6.45, 7) is 0. The first-order valence-electron chi connectivity index (χ1n) is 11.2. The molecule has 0 saturated carbocycles. The second-order valence-electron chi connectivity index (χ2n) is 8.63. The third kappa shape index (κ3) is 2.70. The number of hydrogen-bond donors (Lipinski definition) is 0. The van der Waals surface area contributed by atoms with Gasteiger partial charge in [-0.15, -0.1) is 0 Å². The van der Waals surface area contributed by atoms with Crippen LogP contribution >= 0.6 is 15.9 Å². The predicted octanol–water partition coefficient (Wildman–Crippen LogP) is 9.74. The van der Waals surface area contributed by atoms with Crippen LogP contribution < -0.4 is 0 Å². The fourth-order valence-electron chi connectivity index (χ4n) is 5.54. The van der Waals surface area contributed by atoms with Crippen molar-refractivity contribution in [3.05, 3.63) is 120 Å². The number of hydrogen-bond acceptors (Lipinski definition) is 0. The SMILES string of the molecule is Brc1ccc2c3c4c(ccc(-c5ccccc5)c4c(-c4ccccc4)c2c1)-c1ccccc1-3. The average molecular weight is 483 g/mol. The Kier molecular flexibility index (Phi) is 4.09. The number of benzene rings is 6. The molecule has 0 nitrogen and oxygen atoms in total. The molecule has 33 heavy (non-hydrogen) atoms. The van der Waals surface area contributed by atoms with Gasteiger partial charge in [-0.25, -0.2) is 0 Å². The van der Waals surface area contributed by atoms with Gasteiger partial charge in [0.25, 0.3) is 0 Å². The summed E-state index contributed by atoms with van der Waals surface area (Å²) in [5.41, 5.74) is 10.4. The Bertz CT molecular complexity index is 1700. The summed E-state index contributed by atoms with van der Waals surface area (Å²) in [7, 11) is 0. The standard InChI is InChI=1S/C32H19Br/c33-22-15-16-27-28(19-22)29(21-11-5-2-6-12-21)31-23(20-9-3-1-4-10-20)17-18-26-24-13-7-8-14-25(24)30(27)32(26)31/h1-19H. The van der Waals surface area contributed by atoms with Crippen LogP contribution in [0.3, 0.4) is 0 Å². The maximum Gasteiger partial charge on any atom is 0.0181 e. The van der Waals surface area contributed by atoms with Gasteiger partial charge in [-0.05, 0) is 78.2 Å². The first-order chi connectivity index (χ1) is 16.3. The minimum absolute atomic E-state index is 1.10. The van der Waals surface area contributed by atoms with Crippen molar-refractivity contribution in [3.63, 3.8) is 0 Å². The fraction of sp³-hybridized carbons (Fsp3) is 0. The highest BCUT2D eigenvalue weighted by Gasteiger charge is 2.28. The maximum atomic E-state index is 3.76. The second kappa shape index (κ2) is 7.16. The van der Waals surface area contributed by atoms with Crippen LogP contribution in [0.25, 0.3) is 66.1 Å². The van der Waals surface area contributed by atoms with E-state index in [1.807, 2.05) is 0 Å². The zero-order valence-electron chi connectivity index (χ0n) is 17.8. The number of rotatable bonds is 2. The fourth-order valence-corrected chi connectivity index (χ4v) is 5.90. The minimum Gasteiger partial charge on any atom is -0.0622 e. The molecule has 0 amide bonds. The van der Waals surface area contributed by atoms with Gasteiger partial charge in [0.15, 0.2) is 0 Å². The molecule has 7 rings (SSSR count). The van der Waals surface area contributed by atoms with Gasteiger partial charge in [-0.2, -0.15) is 0 Å². The molecule has 6 aromatic carbocycles. The van der Waals surface area contributed by atoms with Crippen LogP contribution in [0.5, 0.6) is 0 Å². The van der Waals surface area contributed by atoms with Gasteiger partial charge in [-0.1, -0.05) is 119 Å². The molecule has 0 heterocycles. The lowest BCUT2D eigenvalue weighted by Gasteiger charge is -2.19. The van der Waals surface area contributed by atoms with Gasteiger partial charge in [0, 0.05) is 4.47 Å². The number of fused-ring (bicyclic) bond motifs is 5. The van der Waals surface area contributed by atoms with Crippen molar-refractivity contribution in [2.75, 3.05) is 0 Å². The van der Waals surface area contributed by atoms with Crippen LogP contribution in [0.2, 0.25) is 0 Å². The van der Waals surface area contributed by atoms with Gasteiger partial charge >= 0.3 is 0 Å². The molecule has 0 bridgehead atoms. The van der Waals surface area contributed by atoms with Crippen LogP contribution in [-0.4, -0.2) is 0 Å². The van der Waals surface area contributed by atoms with E-state index in [9.17, 15) is 0 Å². The molecule has 0 spiro atoms. The molecular formula is C32H19Br. The van der Waals surface area contributed by atoms with E-state index in [2.05, 4.69) is 131 Å². The first-order valence-corrected chi connectivity index (χ1v) is 12.0. The summed E-state index contributed by atoms with van der Waals surface area (Å²) in [6.07, 6.45) is 0. The molecule has 0 atom stereocenters. The predicted molar refractivity (Wildman–Crippen MR) is 144 cm³/mol. The van der Waals surface area contributed by atoms with E-state index in [0.717, 1.165) is 4.47 Å². The van der Waals surface area contributed by atoms with Gasteiger partial charge in [0.05, 0.1) is 0 Å².